The van der Waals surface area contributed by atoms with Crippen molar-refractivity contribution in [3.8, 4) is 22.1 Å². The van der Waals surface area contributed by atoms with Crippen LogP contribution in [0.2, 0.25) is 0 Å². The van der Waals surface area contributed by atoms with Crippen molar-refractivity contribution in [2.75, 3.05) is 19.5 Å². The first kappa shape index (κ1) is 16.0. The molecule has 1 aromatic carbocycles. The minimum Gasteiger partial charge on any atom is -0.497 e. The zero-order chi connectivity index (χ0) is 17.1. The number of hydrogen-bond donors (Lipinski definition) is 1. The van der Waals surface area contributed by atoms with Crippen molar-refractivity contribution >= 4 is 23.1 Å². The Morgan fingerprint density at radius 2 is 2.08 bits per heavy atom. The first-order chi connectivity index (χ1) is 11.6. The summed E-state index contributed by atoms with van der Waals surface area (Å²) >= 11 is 1.18. The Bertz CT molecular complexity index is 855. The van der Waals surface area contributed by atoms with Gasteiger partial charge in [0.25, 0.3) is 0 Å². The number of nitrogens with two attached hydrogens (primary N) is 1. The van der Waals surface area contributed by atoms with Crippen LogP contribution >= 0.6 is 11.3 Å². The number of aromatic nitrogens is 3. The van der Waals surface area contributed by atoms with Crippen LogP contribution in [0.4, 0.5) is 5.82 Å². The zero-order valence-corrected chi connectivity index (χ0v) is 14.0. The SMILES string of the molecule is CCOC(=O)c1cnc(-n2nc(-c3ccc(OC)cc3)cc2N)s1. The topological polar surface area (TPSA) is 92.3 Å². The smallest absolute Gasteiger partial charge is 0.350 e. The quantitative estimate of drug-likeness (QED) is 0.716. The lowest BCUT2D eigenvalue weighted by molar-refractivity contribution is 0.0532. The van der Waals surface area contributed by atoms with Crippen molar-refractivity contribution < 1.29 is 14.3 Å². The maximum Gasteiger partial charge on any atom is 0.350 e. The van der Waals surface area contributed by atoms with Gasteiger partial charge in [-0.1, -0.05) is 11.3 Å². The molecule has 124 valence electrons. The third-order valence-corrected chi connectivity index (χ3v) is 4.23. The normalized spacial score (nSPS) is 10.6. The molecular formula is C16H16N4O3S. The van der Waals surface area contributed by atoms with Gasteiger partial charge < -0.3 is 15.2 Å². The number of methoxy groups -OCH3 is 1. The van der Waals surface area contributed by atoms with Gasteiger partial charge in [-0.2, -0.15) is 9.78 Å². The van der Waals surface area contributed by atoms with E-state index in [4.69, 9.17) is 15.2 Å². The Hall–Kier alpha value is -2.87. The number of ether oxygens (including phenoxy) is 2. The summed E-state index contributed by atoms with van der Waals surface area (Å²) in [5.41, 5.74) is 7.65. The Kier molecular flexibility index (Phi) is 4.48. The van der Waals surface area contributed by atoms with Gasteiger partial charge in [0.2, 0.25) is 5.13 Å². The van der Waals surface area contributed by atoms with Gasteiger partial charge in [-0.05, 0) is 31.2 Å². The highest BCUT2D eigenvalue weighted by atomic mass is 32.1. The van der Waals surface area contributed by atoms with Gasteiger partial charge in [0.15, 0.2) is 0 Å². The Morgan fingerprint density at radius 3 is 2.75 bits per heavy atom. The molecular weight excluding hydrogens is 328 g/mol. The summed E-state index contributed by atoms with van der Waals surface area (Å²) in [5, 5.41) is 4.98. The van der Waals surface area contributed by atoms with Gasteiger partial charge in [-0.3, -0.25) is 0 Å². The van der Waals surface area contributed by atoms with Crippen molar-refractivity contribution in [2.24, 2.45) is 0 Å². The number of esters is 1. The number of benzene rings is 1. The molecule has 2 N–H and O–H groups in total. The second-order valence-electron chi connectivity index (χ2n) is 4.82. The minimum atomic E-state index is -0.401. The third kappa shape index (κ3) is 3.09. The molecule has 0 radical (unpaired) electrons. The standard InChI is InChI=1S/C16H16N4O3S/c1-3-23-15(21)13-9-18-16(24-13)20-14(17)8-12(19-20)10-4-6-11(22-2)7-5-10/h4-9H,3,17H2,1-2H3. The Balaban J connectivity index is 1.90. The summed E-state index contributed by atoms with van der Waals surface area (Å²) in [6, 6.07) is 9.26. The lowest BCUT2D eigenvalue weighted by Crippen LogP contribution is -2.02. The number of thiazole rings is 1. The van der Waals surface area contributed by atoms with Crippen LogP contribution in [0.3, 0.4) is 0 Å². The molecule has 2 heterocycles. The van der Waals surface area contributed by atoms with E-state index in [1.807, 2.05) is 24.3 Å². The molecule has 7 nitrogen and oxygen atoms in total. The maximum absolute atomic E-state index is 11.7. The van der Waals surface area contributed by atoms with E-state index < -0.39 is 5.97 Å². The van der Waals surface area contributed by atoms with E-state index in [-0.39, 0.29) is 0 Å². The van der Waals surface area contributed by atoms with Gasteiger partial charge in [-0.15, -0.1) is 0 Å². The fraction of sp³-hybridized carbons (Fsp3) is 0.188. The second kappa shape index (κ2) is 6.71. The van der Waals surface area contributed by atoms with E-state index in [1.54, 1.807) is 20.1 Å². The van der Waals surface area contributed by atoms with Gasteiger partial charge in [0, 0.05) is 11.6 Å². The monoisotopic (exact) mass is 344 g/mol. The van der Waals surface area contributed by atoms with Crippen LogP contribution in [0.1, 0.15) is 16.6 Å². The molecule has 0 fully saturated rings. The summed E-state index contributed by atoms with van der Waals surface area (Å²) < 4.78 is 11.6. The highest BCUT2D eigenvalue weighted by Gasteiger charge is 2.16. The van der Waals surface area contributed by atoms with Crippen LogP contribution in [-0.4, -0.2) is 34.5 Å². The molecule has 0 aliphatic heterocycles. The number of hydrogen-bond acceptors (Lipinski definition) is 7. The van der Waals surface area contributed by atoms with E-state index in [1.165, 1.54) is 22.2 Å². The molecule has 0 saturated carbocycles. The summed E-state index contributed by atoms with van der Waals surface area (Å²) in [6.45, 7) is 2.07. The van der Waals surface area contributed by atoms with Gasteiger partial charge >= 0.3 is 5.97 Å². The van der Waals surface area contributed by atoms with Crippen LogP contribution in [-0.2, 0) is 4.74 Å². The summed E-state index contributed by atoms with van der Waals surface area (Å²) in [6.07, 6.45) is 1.46. The number of nitrogen functional groups attached to an aromatic ring is 1. The first-order valence-electron chi connectivity index (χ1n) is 7.25. The maximum atomic E-state index is 11.7. The average Bonchev–Trinajstić information content (AvgIpc) is 3.22. The number of anilines is 1. The van der Waals surface area contributed by atoms with E-state index in [0.29, 0.717) is 28.1 Å². The van der Waals surface area contributed by atoms with Crippen molar-refractivity contribution in [3.63, 3.8) is 0 Å². The summed E-state index contributed by atoms with van der Waals surface area (Å²) in [4.78, 5) is 16.3. The predicted octanol–water partition coefficient (Wildman–Crippen LogP) is 2.76. The van der Waals surface area contributed by atoms with Crippen molar-refractivity contribution in [1.82, 2.24) is 14.8 Å². The Morgan fingerprint density at radius 1 is 1.33 bits per heavy atom. The van der Waals surface area contributed by atoms with Crippen molar-refractivity contribution in [1.29, 1.82) is 0 Å². The van der Waals surface area contributed by atoms with Crippen LogP contribution in [0.15, 0.2) is 36.5 Å². The summed E-state index contributed by atoms with van der Waals surface area (Å²) in [5.74, 6) is 0.804. The lowest BCUT2D eigenvalue weighted by atomic mass is 10.1. The molecule has 0 unspecified atom stereocenters. The molecule has 24 heavy (non-hydrogen) atoms. The fourth-order valence-electron chi connectivity index (χ4n) is 2.11. The van der Waals surface area contributed by atoms with Gasteiger partial charge in [0.1, 0.15) is 16.4 Å². The molecule has 0 atom stereocenters. The minimum absolute atomic E-state index is 0.317. The molecule has 3 rings (SSSR count). The second-order valence-corrected chi connectivity index (χ2v) is 5.83. The summed E-state index contributed by atoms with van der Waals surface area (Å²) in [7, 11) is 1.62. The van der Waals surface area contributed by atoms with E-state index in [2.05, 4.69) is 10.1 Å². The fourth-order valence-corrected chi connectivity index (χ4v) is 2.89. The van der Waals surface area contributed by atoms with E-state index in [9.17, 15) is 4.79 Å². The number of rotatable bonds is 5. The Labute approximate surface area is 142 Å². The van der Waals surface area contributed by atoms with Crippen LogP contribution < -0.4 is 10.5 Å². The molecule has 0 aliphatic carbocycles. The van der Waals surface area contributed by atoms with Crippen LogP contribution in [0, 0.1) is 0 Å². The van der Waals surface area contributed by atoms with Crippen LogP contribution in [0.5, 0.6) is 5.75 Å². The largest absolute Gasteiger partial charge is 0.497 e. The third-order valence-electron chi connectivity index (χ3n) is 3.27. The molecule has 0 amide bonds. The number of carbonyl (C=O) groups is 1. The number of nitrogens with zero attached hydrogens (tertiary/aromatic N) is 3. The van der Waals surface area contributed by atoms with E-state index >= 15 is 0 Å². The van der Waals surface area contributed by atoms with Gasteiger partial charge in [-0.25, -0.2) is 9.78 Å². The van der Waals surface area contributed by atoms with Crippen molar-refractivity contribution in [3.05, 3.63) is 41.4 Å². The number of carbonyl (C=O) groups excluding carboxylic acids is 1. The van der Waals surface area contributed by atoms with Crippen molar-refractivity contribution in [2.45, 2.75) is 6.92 Å². The highest BCUT2D eigenvalue weighted by Crippen LogP contribution is 2.26. The molecule has 0 bridgehead atoms. The van der Waals surface area contributed by atoms with Gasteiger partial charge in [0.05, 0.1) is 25.6 Å². The molecule has 0 saturated heterocycles. The lowest BCUT2D eigenvalue weighted by Gasteiger charge is -2.00. The molecule has 2 aromatic heterocycles. The average molecular weight is 344 g/mol. The first-order valence-corrected chi connectivity index (χ1v) is 8.07. The predicted molar refractivity (Wildman–Crippen MR) is 91.6 cm³/mol. The zero-order valence-electron chi connectivity index (χ0n) is 13.2. The highest BCUT2D eigenvalue weighted by molar-refractivity contribution is 7.15. The molecule has 3 aromatic rings. The van der Waals surface area contributed by atoms with E-state index in [0.717, 1.165) is 11.3 Å². The molecule has 0 spiro atoms. The van der Waals surface area contributed by atoms with Crippen LogP contribution in [0.25, 0.3) is 16.4 Å². The molecule has 0 aliphatic rings. The molecule has 8 heteroatoms.